The summed E-state index contributed by atoms with van der Waals surface area (Å²) in [6.07, 6.45) is 1.50. The molecule has 2 heterocycles. The Bertz CT molecular complexity index is 562. The minimum atomic E-state index is -0.362. The van der Waals surface area contributed by atoms with E-state index in [0.29, 0.717) is 17.3 Å². The van der Waals surface area contributed by atoms with E-state index in [4.69, 9.17) is 10.3 Å². The van der Waals surface area contributed by atoms with Gasteiger partial charge in [0.2, 0.25) is 0 Å². The van der Waals surface area contributed by atoms with Crippen LogP contribution >= 0.6 is 0 Å². The highest BCUT2D eigenvalue weighted by molar-refractivity contribution is 6.02. The zero-order chi connectivity index (χ0) is 12.4. The van der Waals surface area contributed by atoms with E-state index in [0.717, 1.165) is 5.56 Å². The molecule has 6 heteroatoms. The number of hydrogen-bond donors (Lipinski definition) is 2. The van der Waals surface area contributed by atoms with E-state index in [1.807, 2.05) is 6.92 Å². The third-order valence-corrected chi connectivity index (χ3v) is 2.25. The predicted molar refractivity (Wildman–Crippen MR) is 62.6 cm³/mol. The lowest BCUT2D eigenvalue weighted by atomic mass is 10.2. The molecule has 0 saturated carbocycles. The third-order valence-electron chi connectivity index (χ3n) is 2.25. The number of amides is 1. The molecule has 0 aliphatic heterocycles. The Morgan fingerprint density at radius 3 is 2.76 bits per heavy atom. The van der Waals surface area contributed by atoms with Crippen LogP contribution in [0.5, 0.6) is 0 Å². The van der Waals surface area contributed by atoms with E-state index >= 15 is 0 Å². The normalized spacial score (nSPS) is 10.2. The molecule has 0 saturated heterocycles. The molecule has 17 heavy (non-hydrogen) atoms. The summed E-state index contributed by atoms with van der Waals surface area (Å²) in [5.74, 6) is 0.650. The van der Waals surface area contributed by atoms with Gasteiger partial charge >= 0.3 is 0 Å². The molecule has 0 spiro atoms. The van der Waals surface area contributed by atoms with Crippen molar-refractivity contribution >= 4 is 17.4 Å². The predicted octanol–water partition coefficient (Wildman–Crippen LogP) is 1.52. The number of rotatable bonds is 2. The Balaban J connectivity index is 2.15. The van der Waals surface area contributed by atoms with Gasteiger partial charge in [-0.15, -0.1) is 0 Å². The molecule has 0 aromatic carbocycles. The number of nitrogens with zero attached hydrogens (tertiary/aromatic N) is 2. The van der Waals surface area contributed by atoms with Crippen LogP contribution in [0, 0.1) is 13.8 Å². The van der Waals surface area contributed by atoms with Crippen molar-refractivity contribution in [1.29, 1.82) is 0 Å². The van der Waals surface area contributed by atoms with Gasteiger partial charge in [0.25, 0.3) is 5.91 Å². The van der Waals surface area contributed by atoms with Gasteiger partial charge in [0.1, 0.15) is 11.6 Å². The summed E-state index contributed by atoms with van der Waals surface area (Å²) in [6.45, 7) is 3.56. The van der Waals surface area contributed by atoms with Crippen LogP contribution < -0.4 is 11.1 Å². The minimum Gasteiger partial charge on any atom is -0.397 e. The fraction of sp³-hybridized carbons (Fsp3) is 0.182. The highest BCUT2D eigenvalue weighted by atomic mass is 16.5. The monoisotopic (exact) mass is 232 g/mol. The maximum absolute atomic E-state index is 11.7. The first-order chi connectivity index (χ1) is 8.06. The van der Waals surface area contributed by atoms with Gasteiger partial charge in [-0.25, -0.2) is 4.98 Å². The van der Waals surface area contributed by atoms with Crippen LogP contribution in [0.3, 0.4) is 0 Å². The first-order valence-corrected chi connectivity index (χ1v) is 5.03. The minimum absolute atomic E-state index is 0.221. The summed E-state index contributed by atoms with van der Waals surface area (Å²) in [5, 5.41) is 6.22. The van der Waals surface area contributed by atoms with Crippen LogP contribution in [0.1, 0.15) is 21.8 Å². The molecule has 0 bridgehead atoms. The zero-order valence-electron chi connectivity index (χ0n) is 9.52. The molecule has 0 fully saturated rings. The number of carbonyl (C=O) groups is 1. The number of nitrogen functional groups attached to an aromatic ring is 1. The number of aryl methyl sites for hydroxylation is 2. The molecular weight excluding hydrogens is 220 g/mol. The largest absolute Gasteiger partial charge is 0.397 e. The van der Waals surface area contributed by atoms with Gasteiger partial charge in [-0.2, -0.15) is 0 Å². The van der Waals surface area contributed by atoms with E-state index in [9.17, 15) is 4.79 Å². The average Bonchev–Trinajstić information content (AvgIpc) is 2.70. The maximum atomic E-state index is 11.7. The van der Waals surface area contributed by atoms with Gasteiger partial charge in [0.15, 0.2) is 5.69 Å². The molecule has 2 aromatic rings. The highest BCUT2D eigenvalue weighted by Crippen LogP contribution is 2.14. The molecule has 0 aliphatic carbocycles. The van der Waals surface area contributed by atoms with Crippen molar-refractivity contribution in [3.05, 3.63) is 35.3 Å². The summed E-state index contributed by atoms with van der Waals surface area (Å²) in [5.41, 5.74) is 7.29. The zero-order valence-corrected chi connectivity index (χ0v) is 9.52. The van der Waals surface area contributed by atoms with Crippen molar-refractivity contribution in [2.75, 3.05) is 11.1 Å². The number of hydrogen-bond acceptors (Lipinski definition) is 5. The van der Waals surface area contributed by atoms with Gasteiger partial charge in [0, 0.05) is 6.07 Å². The fourth-order valence-electron chi connectivity index (χ4n) is 1.29. The second-order valence-electron chi connectivity index (χ2n) is 3.70. The summed E-state index contributed by atoms with van der Waals surface area (Å²) < 4.78 is 4.81. The molecule has 0 aliphatic rings. The highest BCUT2D eigenvalue weighted by Gasteiger charge is 2.11. The number of carbonyl (C=O) groups excluding carboxylic acids is 1. The van der Waals surface area contributed by atoms with Crippen LogP contribution in [-0.2, 0) is 0 Å². The Hall–Kier alpha value is -2.37. The lowest BCUT2D eigenvalue weighted by Gasteiger charge is -2.04. The van der Waals surface area contributed by atoms with Crippen LogP contribution in [0.25, 0.3) is 0 Å². The lowest BCUT2D eigenvalue weighted by molar-refractivity contribution is 0.101. The van der Waals surface area contributed by atoms with E-state index in [1.54, 1.807) is 19.1 Å². The quantitative estimate of drug-likeness (QED) is 0.818. The topological polar surface area (TPSA) is 94.0 Å². The van der Waals surface area contributed by atoms with Gasteiger partial charge in [-0.1, -0.05) is 5.16 Å². The molecule has 1 amide bonds. The number of anilines is 2. The van der Waals surface area contributed by atoms with Crippen LogP contribution in [-0.4, -0.2) is 16.0 Å². The second kappa shape index (κ2) is 4.25. The van der Waals surface area contributed by atoms with Crippen molar-refractivity contribution in [3.63, 3.8) is 0 Å². The SMILES string of the molecule is Cc1cc(C(=O)Nc2cc(C)c(N)cn2)no1. The summed E-state index contributed by atoms with van der Waals surface area (Å²) in [4.78, 5) is 15.7. The van der Waals surface area contributed by atoms with Gasteiger partial charge < -0.3 is 15.6 Å². The number of pyridine rings is 1. The molecule has 0 unspecified atom stereocenters. The molecule has 0 atom stereocenters. The first-order valence-electron chi connectivity index (χ1n) is 5.03. The van der Waals surface area contributed by atoms with Crippen molar-refractivity contribution in [2.24, 2.45) is 0 Å². The maximum Gasteiger partial charge on any atom is 0.279 e. The number of nitrogens with one attached hydrogen (secondary N) is 1. The Kier molecular flexibility index (Phi) is 2.78. The molecule has 88 valence electrons. The van der Waals surface area contributed by atoms with Crippen molar-refractivity contribution in [3.8, 4) is 0 Å². The van der Waals surface area contributed by atoms with Gasteiger partial charge in [0.05, 0.1) is 11.9 Å². The molecule has 6 nitrogen and oxygen atoms in total. The summed E-state index contributed by atoms with van der Waals surface area (Å²) in [6, 6.07) is 3.25. The number of nitrogens with two attached hydrogens (primary N) is 1. The Labute approximate surface area is 97.8 Å². The Morgan fingerprint density at radius 2 is 2.18 bits per heavy atom. The van der Waals surface area contributed by atoms with E-state index < -0.39 is 0 Å². The Morgan fingerprint density at radius 1 is 1.41 bits per heavy atom. The van der Waals surface area contributed by atoms with Crippen LogP contribution in [0.15, 0.2) is 22.9 Å². The molecular formula is C11H12N4O2. The van der Waals surface area contributed by atoms with Crippen LogP contribution in [0.2, 0.25) is 0 Å². The smallest absolute Gasteiger partial charge is 0.279 e. The van der Waals surface area contributed by atoms with Crippen molar-refractivity contribution in [2.45, 2.75) is 13.8 Å². The van der Waals surface area contributed by atoms with Crippen LogP contribution in [0.4, 0.5) is 11.5 Å². The third kappa shape index (κ3) is 2.41. The molecule has 2 rings (SSSR count). The van der Waals surface area contributed by atoms with Gasteiger partial charge in [-0.05, 0) is 25.5 Å². The van der Waals surface area contributed by atoms with E-state index in [1.165, 1.54) is 6.20 Å². The second-order valence-corrected chi connectivity index (χ2v) is 3.70. The van der Waals surface area contributed by atoms with E-state index in [-0.39, 0.29) is 11.6 Å². The molecule has 2 aromatic heterocycles. The first kappa shape index (κ1) is 11.1. The standard InChI is InChI=1S/C11H12N4O2/c1-6-3-10(13-5-8(6)12)14-11(16)9-4-7(2)17-15-9/h3-5H,12H2,1-2H3,(H,13,14,16). The molecule has 0 radical (unpaired) electrons. The molecule has 3 N–H and O–H groups in total. The fourth-order valence-corrected chi connectivity index (χ4v) is 1.29. The van der Waals surface area contributed by atoms with Crippen molar-refractivity contribution < 1.29 is 9.32 Å². The average molecular weight is 232 g/mol. The summed E-state index contributed by atoms with van der Waals surface area (Å²) in [7, 11) is 0. The number of aromatic nitrogens is 2. The lowest BCUT2D eigenvalue weighted by Crippen LogP contribution is -2.13. The van der Waals surface area contributed by atoms with Crippen molar-refractivity contribution in [1.82, 2.24) is 10.1 Å². The summed E-state index contributed by atoms with van der Waals surface area (Å²) >= 11 is 0. The van der Waals surface area contributed by atoms with Gasteiger partial charge in [-0.3, -0.25) is 4.79 Å². The van der Waals surface area contributed by atoms with E-state index in [2.05, 4.69) is 15.5 Å².